The lowest BCUT2D eigenvalue weighted by Crippen LogP contribution is -2.23. The van der Waals surface area contributed by atoms with E-state index < -0.39 is 11.5 Å². The monoisotopic (exact) mass is 364 g/mol. The molecule has 0 radical (unpaired) electrons. The number of rotatable bonds is 5. The molecule has 2 aromatic carbocycles. The minimum atomic E-state index is -0.529. The molecule has 0 saturated carbocycles. The molecule has 27 heavy (non-hydrogen) atoms. The molecule has 0 spiro atoms. The van der Waals surface area contributed by atoms with E-state index in [4.69, 9.17) is 9.47 Å². The zero-order valence-electron chi connectivity index (χ0n) is 15.3. The van der Waals surface area contributed by atoms with Gasteiger partial charge in [-0.15, -0.1) is 0 Å². The molecular weight excluding hydrogens is 344 g/mol. The Kier molecular flexibility index (Phi) is 5.26. The normalized spacial score (nSPS) is 10.3. The third kappa shape index (κ3) is 4.00. The lowest BCUT2D eigenvalue weighted by molar-refractivity contribution is 0.102. The molecule has 0 aliphatic carbocycles. The summed E-state index contributed by atoms with van der Waals surface area (Å²) in [5, 5.41) is 2.70. The van der Waals surface area contributed by atoms with Crippen molar-refractivity contribution in [2.75, 3.05) is 19.5 Å². The maximum atomic E-state index is 12.6. The highest BCUT2D eigenvalue weighted by Crippen LogP contribution is 2.29. The number of carbonyl (C=O) groups is 1. The van der Waals surface area contributed by atoms with Crippen molar-refractivity contribution in [3.05, 3.63) is 76.1 Å². The molecule has 2 N–H and O–H groups in total. The van der Waals surface area contributed by atoms with E-state index >= 15 is 0 Å². The van der Waals surface area contributed by atoms with Crippen LogP contribution in [-0.2, 0) is 0 Å². The second kappa shape index (κ2) is 7.78. The molecule has 0 fully saturated rings. The van der Waals surface area contributed by atoms with E-state index in [0.717, 1.165) is 11.1 Å². The van der Waals surface area contributed by atoms with E-state index in [0.29, 0.717) is 22.9 Å². The second-order valence-corrected chi connectivity index (χ2v) is 6.00. The summed E-state index contributed by atoms with van der Waals surface area (Å²) in [6, 6.07) is 16.0. The highest BCUT2D eigenvalue weighted by atomic mass is 16.5. The van der Waals surface area contributed by atoms with Gasteiger partial charge in [-0.25, -0.2) is 0 Å². The highest BCUT2D eigenvalue weighted by molar-refractivity contribution is 6.05. The Morgan fingerprint density at radius 3 is 2.33 bits per heavy atom. The Bertz CT molecular complexity index is 1020. The number of ether oxygens (including phenoxy) is 2. The minimum absolute atomic E-state index is 0.00994. The van der Waals surface area contributed by atoms with Crippen molar-refractivity contribution in [1.82, 2.24) is 4.98 Å². The SMILES string of the molecule is COc1ccc(OC)c(NC(=O)c2ccc(-c3ccc(C)cc3)[nH]c2=O)c1. The van der Waals surface area contributed by atoms with Crippen molar-refractivity contribution in [3.8, 4) is 22.8 Å². The molecule has 3 aromatic rings. The molecule has 0 bridgehead atoms. The molecule has 1 aromatic heterocycles. The predicted octanol–water partition coefficient (Wildman–Crippen LogP) is 3.62. The van der Waals surface area contributed by atoms with Crippen LogP contribution in [0.1, 0.15) is 15.9 Å². The van der Waals surface area contributed by atoms with Gasteiger partial charge in [0, 0.05) is 11.8 Å². The fourth-order valence-electron chi connectivity index (χ4n) is 2.66. The Hall–Kier alpha value is -3.54. The molecule has 6 heteroatoms. The van der Waals surface area contributed by atoms with Crippen LogP contribution in [0.5, 0.6) is 11.5 Å². The first-order chi connectivity index (χ1) is 13.0. The zero-order chi connectivity index (χ0) is 19.4. The van der Waals surface area contributed by atoms with Crippen LogP contribution < -0.4 is 20.3 Å². The number of H-pyrrole nitrogens is 1. The lowest BCUT2D eigenvalue weighted by atomic mass is 10.1. The molecule has 0 saturated heterocycles. The summed E-state index contributed by atoms with van der Waals surface area (Å²) in [5.41, 5.74) is 2.62. The van der Waals surface area contributed by atoms with Crippen molar-refractivity contribution in [2.24, 2.45) is 0 Å². The number of aryl methyl sites for hydroxylation is 1. The van der Waals surface area contributed by atoms with Gasteiger partial charge in [-0.1, -0.05) is 29.8 Å². The summed E-state index contributed by atoms with van der Waals surface area (Å²) in [5.74, 6) is 0.504. The molecule has 3 rings (SSSR count). The Balaban J connectivity index is 1.88. The zero-order valence-corrected chi connectivity index (χ0v) is 15.3. The summed E-state index contributed by atoms with van der Waals surface area (Å²) in [6.45, 7) is 1.99. The quantitative estimate of drug-likeness (QED) is 0.725. The van der Waals surface area contributed by atoms with Crippen molar-refractivity contribution in [3.63, 3.8) is 0 Å². The first kappa shape index (κ1) is 18.3. The van der Waals surface area contributed by atoms with Crippen LogP contribution in [0.25, 0.3) is 11.3 Å². The van der Waals surface area contributed by atoms with Gasteiger partial charge in [0.2, 0.25) is 0 Å². The fraction of sp³-hybridized carbons (Fsp3) is 0.143. The number of nitrogens with one attached hydrogen (secondary N) is 2. The summed E-state index contributed by atoms with van der Waals surface area (Å²) in [6.07, 6.45) is 0. The maximum absolute atomic E-state index is 12.6. The molecule has 0 aliphatic rings. The number of amides is 1. The van der Waals surface area contributed by atoms with Gasteiger partial charge in [0.25, 0.3) is 11.5 Å². The summed E-state index contributed by atoms with van der Waals surface area (Å²) in [4.78, 5) is 27.7. The maximum Gasteiger partial charge on any atom is 0.261 e. The number of anilines is 1. The molecule has 1 amide bonds. The number of aromatic nitrogens is 1. The van der Waals surface area contributed by atoms with Gasteiger partial charge in [-0.3, -0.25) is 9.59 Å². The topological polar surface area (TPSA) is 80.4 Å². The van der Waals surface area contributed by atoms with Crippen molar-refractivity contribution >= 4 is 11.6 Å². The van der Waals surface area contributed by atoms with Crippen LogP contribution in [0.4, 0.5) is 5.69 Å². The van der Waals surface area contributed by atoms with Crippen LogP contribution >= 0.6 is 0 Å². The van der Waals surface area contributed by atoms with E-state index in [2.05, 4.69) is 10.3 Å². The number of carbonyl (C=O) groups excluding carboxylic acids is 1. The van der Waals surface area contributed by atoms with E-state index in [1.54, 1.807) is 24.3 Å². The average Bonchev–Trinajstić information content (AvgIpc) is 2.68. The molecule has 138 valence electrons. The van der Waals surface area contributed by atoms with Gasteiger partial charge in [0.05, 0.1) is 19.9 Å². The van der Waals surface area contributed by atoms with Crippen LogP contribution in [0.2, 0.25) is 0 Å². The Labute approximate surface area is 156 Å². The molecule has 1 heterocycles. The number of pyridine rings is 1. The Morgan fingerprint density at radius 1 is 0.963 bits per heavy atom. The number of benzene rings is 2. The van der Waals surface area contributed by atoms with E-state index in [9.17, 15) is 9.59 Å². The van der Waals surface area contributed by atoms with Gasteiger partial charge < -0.3 is 19.8 Å². The standard InChI is InChI=1S/C21H20N2O4/c1-13-4-6-14(7-5-13)17-10-9-16(20(24)22-17)21(25)23-18-12-15(26-2)8-11-19(18)27-3/h4-12H,1-3H3,(H,22,24)(H,23,25). The minimum Gasteiger partial charge on any atom is -0.497 e. The first-order valence-electron chi connectivity index (χ1n) is 8.35. The molecule has 0 aliphatic heterocycles. The van der Waals surface area contributed by atoms with E-state index in [1.165, 1.54) is 20.3 Å². The first-order valence-corrected chi connectivity index (χ1v) is 8.35. The van der Waals surface area contributed by atoms with Gasteiger partial charge in [0.15, 0.2) is 0 Å². The van der Waals surface area contributed by atoms with Crippen LogP contribution in [0, 0.1) is 6.92 Å². The highest BCUT2D eigenvalue weighted by Gasteiger charge is 2.14. The fourth-order valence-corrected chi connectivity index (χ4v) is 2.66. The number of aromatic amines is 1. The van der Waals surface area contributed by atoms with Crippen molar-refractivity contribution < 1.29 is 14.3 Å². The van der Waals surface area contributed by atoms with Crippen LogP contribution in [-0.4, -0.2) is 25.1 Å². The number of hydrogen-bond donors (Lipinski definition) is 2. The second-order valence-electron chi connectivity index (χ2n) is 6.00. The molecular formula is C21H20N2O4. The number of hydrogen-bond acceptors (Lipinski definition) is 4. The molecule has 6 nitrogen and oxygen atoms in total. The summed E-state index contributed by atoms with van der Waals surface area (Å²) < 4.78 is 10.4. The van der Waals surface area contributed by atoms with E-state index in [1.807, 2.05) is 31.2 Å². The molecule has 0 atom stereocenters. The number of methoxy groups -OCH3 is 2. The predicted molar refractivity (Wildman–Crippen MR) is 105 cm³/mol. The van der Waals surface area contributed by atoms with E-state index in [-0.39, 0.29) is 5.56 Å². The lowest BCUT2D eigenvalue weighted by Gasteiger charge is -2.12. The smallest absolute Gasteiger partial charge is 0.261 e. The van der Waals surface area contributed by atoms with Crippen molar-refractivity contribution in [2.45, 2.75) is 6.92 Å². The van der Waals surface area contributed by atoms with Gasteiger partial charge in [0.1, 0.15) is 17.1 Å². The molecule has 0 unspecified atom stereocenters. The summed E-state index contributed by atoms with van der Waals surface area (Å²) in [7, 11) is 3.03. The Morgan fingerprint density at radius 2 is 1.70 bits per heavy atom. The third-order valence-corrected chi connectivity index (χ3v) is 4.17. The van der Waals surface area contributed by atoms with Gasteiger partial charge >= 0.3 is 0 Å². The van der Waals surface area contributed by atoms with Crippen molar-refractivity contribution in [1.29, 1.82) is 0 Å². The summed E-state index contributed by atoms with van der Waals surface area (Å²) >= 11 is 0. The average molecular weight is 364 g/mol. The largest absolute Gasteiger partial charge is 0.497 e. The van der Waals surface area contributed by atoms with Crippen LogP contribution in [0.15, 0.2) is 59.4 Å². The van der Waals surface area contributed by atoms with Gasteiger partial charge in [-0.05, 0) is 36.8 Å². The third-order valence-electron chi connectivity index (χ3n) is 4.17. The van der Waals surface area contributed by atoms with Gasteiger partial charge in [-0.2, -0.15) is 0 Å². The van der Waals surface area contributed by atoms with Crippen LogP contribution in [0.3, 0.4) is 0 Å².